The number of nitrogens with one attached hydrogen (secondary N) is 3. The molecule has 3 fully saturated rings. The molecule has 0 spiro atoms. The maximum atomic E-state index is 14.1. The fourth-order valence-corrected chi connectivity index (χ4v) is 6.49. The molecule has 2 aliphatic heterocycles. The largest absolute Gasteiger partial charge is 0.376 e. The van der Waals surface area contributed by atoms with Crippen molar-refractivity contribution in [2.24, 2.45) is 11.8 Å². The van der Waals surface area contributed by atoms with Crippen LogP contribution in [0.2, 0.25) is 0 Å². The summed E-state index contributed by atoms with van der Waals surface area (Å²) in [6.45, 7) is 13.7. The Morgan fingerprint density at radius 3 is 2.63 bits per heavy atom. The molecule has 2 heterocycles. The molecule has 4 atom stereocenters. The Bertz CT molecular complexity index is 988. The van der Waals surface area contributed by atoms with E-state index < -0.39 is 0 Å². The summed E-state index contributed by atoms with van der Waals surface area (Å²) in [5.74, 6) is 1.06. The molecule has 0 radical (unpaired) electrons. The number of carbonyl (C=O) groups is 2. The average Bonchev–Trinajstić information content (AvgIpc) is 3.37. The summed E-state index contributed by atoms with van der Waals surface area (Å²) >= 11 is 0. The van der Waals surface area contributed by atoms with Gasteiger partial charge in [-0.15, -0.1) is 0 Å². The number of rotatable bonds is 11. The summed E-state index contributed by atoms with van der Waals surface area (Å²) in [6.07, 6.45) is 10.4. The Kier molecular flexibility index (Phi) is 10.0. The van der Waals surface area contributed by atoms with E-state index in [4.69, 9.17) is 0 Å². The third kappa shape index (κ3) is 7.06. The number of hydrogen-bond acceptors (Lipinski definition) is 5. The predicted molar refractivity (Wildman–Crippen MR) is 155 cm³/mol. The highest BCUT2D eigenvalue weighted by Crippen LogP contribution is 2.35. The summed E-state index contributed by atoms with van der Waals surface area (Å²) < 4.78 is 0. The second-order valence-electron chi connectivity index (χ2n) is 11.4. The summed E-state index contributed by atoms with van der Waals surface area (Å²) in [5.41, 5.74) is 2.91. The summed E-state index contributed by atoms with van der Waals surface area (Å²) in [4.78, 5) is 30.5. The number of fused-ring (bicyclic) bond motifs is 1. The summed E-state index contributed by atoms with van der Waals surface area (Å²) in [7, 11) is 1.93. The molecule has 0 aromatic heterocycles. The second kappa shape index (κ2) is 13.4. The lowest BCUT2D eigenvalue weighted by atomic mass is 9.82. The van der Waals surface area contributed by atoms with Crippen molar-refractivity contribution in [1.82, 2.24) is 20.4 Å². The zero-order valence-electron chi connectivity index (χ0n) is 23.4. The van der Waals surface area contributed by atoms with Crippen LogP contribution < -0.4 is 16.0 Å². The first kappa shape index (κ1) is 28.4. The van der Waals surface area contributed by atoms with Gasteiger partial charge in [0.1, 0.15) is 6.04 Å². The van der Waals surface area contributed by atoms with Crippen molar-refractivity contribution >= 4 is 17.5 Å². The first-order valence-corrected chi connectivity index (χ1v) is 14.6. The molecule has 38 heavy (non-hydrogen) atoms. The first-order valence-electron chi connectivity index (χ1n) is 14.6. The van der Waals surface area contributed by atoms with Gasteiger partial charge in [-0.2, -0.15) is 0 Å². The Balaban J connectivity index is 1.39. The Labute approximate surface area is 229 Å². The van der Waals surface area contributed by atoms with Gasteiger partial charge in [-0.05, 0) is 88.2 Å². The van der Waals surface area contributed by atoms with Crippen molar-refractivity contribution in [3.63, 3.8) is 0 Å². The summed E-state index contributed by atoms with van der Waals surface area (Å²) in [6, 6.07) is 8.27. The van der Waals surface area contributed by atoms with Gasteiger partial charge in [0.25, 0.3) is 0 Å². The number of likely N-dealkylation sites (tertiary alicyclic amines) is 2. The molecule has 1 aliphatic carbocycles. The van der Waals surface area contributed by atoms with Crippen LogP contribution in [-0.4, -0.2) is 73.0 Å². The molecule has 2 amide bonds. The van der Waals surface area contributed by atoms with Crippen LogP contribution in [0.5, 0.6) is 0 Å². The lowest BCUT2D eigenvalue weighted by Crippen LogP contribution is -2.57. The van der Waals surface area contributed by atoms with E-state index in [0.717, 1.165) is 69.7 Å². The maximum Gasteiger partial charge on any atom is 0.247 e. The van der Waals surface area contributed by atoms with Crippen molar-refractivity contribution in [1.29, 1.82) is 0 Å². The number of hydrogen-bond donors (Lipinski definition) is 3. The number of anilines is 1. The summed E-state index contributed by atoms with van der Waals surface area (Å²) in [5, 5.41) is 9.70. The third-order valence-electron chi connectivity index (χ3n) is 9.01. The van der Waals surface area contributed by atoms with E-state index >= 15 is 0 Å². The van der Waals surface area contributed by atoms with Crippen LogP contribution in [0.25, 0.3) is 0 Å². The van der Waals surface area contributed by atoms with Gasteiger partial charge < -0.3 is 25.8 Å². The minimum absolute atomic E-state index is 0.119. The molecule has 0 bridgehead atoms. The molecule has 2 saturated heterocycles. The zero-order valence-corrected chi connectivity index (χ0v) is 23.4. The van der Waals surface area contributed by atoms with Crippen LogP contribution in [-0.2, 0) is 16.0 Å². The predicted octanol–water partition coefficient (Wildman–Crippen LogP) is 3.94. The molecule has 208 valence electrons. The number of nitrogens with zero attached hydrogens (tertiary/aromatic N) is 2. The first-order chi connectivity index (χ1) is 18.4. The Morgan fingerprint density at radius 1 is 1.13 bits per heavy atom. The van der Waals surface area contributed by atoms with Crippen LogP contribution in [0.1, 0.15) is 57.4 Å². The van der Waals surface area contributed by atoms with E-state index in [-0.39, 0.29) is 29.9 Å². The van der Waals surface area contributed by atoms with Crippen molar-refractivity contribution in [2.75, 3.05) is 38.5 Å². The Morgan fingerprint density at radius 2 is 1.89 bits per heavy atom. The highest BCUT2D eigenvalue weighted by Gasteiger charge is 2.43. The molecular weight excluding hydrogens is 474 g/mol. The van der Waals surface area contributed by atoms with Gasteiger partial charge in [-0.1, -0.05) is 44.6 Å². The molecule has 0 unspecified atom stereocenters. The lowest BCUT2D eigenvalue weighted by Gasteiger charge is -2.41. The van der Waals surface area contributed by atoms with Crippen LogP contribution in [0, 0.1) is 11.8 Å². The van der Waals surface area contributed by atoms with Crippen molar-refractivity contribution in [3.8, 4) is 0 Å². The average molecular weight is 522 g/mol. The van der Waals surface area contributed by atoms with Gasteiger partial charge in [-0.3, -0.25) is 9.59 Å². The SMILES string of the molecule is C=CC(=O)Nc1cccc(CCN2CC[C@@H]3CCN(C(=O)[C@@H](NC(=C)[C@H](C)NC)C4CCCCC4)[C@@H]3C2)c1. The van der Waals surface area contributed by atoms with Gasteiger partial charge in [0.15, 0.2) is 0 Å². The van der Waals surface area contributed by atoms with Crippen molar-refractivity contribution < 1.29 is 9.59 Å². The fraction of sp³-hybridized carbons (Fsp3) is 0.613. The van der Waals surface area contributed by atoms with Gasteiger partial charge in [0.05, 0.1) is 0 Å². The minimum Gasteiger partial charge on any atom is -0.376 e. The molecule has 1 aromatic carbocycles. The third-order valence-corrected chi connectivity index (χ3v) is 9.01. The van der Waals surface area contributed by atoms with E-state index in [0.29, 0.717) is 11.8 Å². The van der Waals surface area contributed by atoms with E-state index in [1.165, 1.54) is 30.9 Å². The minimum atomic E-state index is -0.194. The molecular formula is C31H47N5O2. The monoisotopic (exact) mass is 521 g/mol. The number of carbonyl (C=O) groups excluding carboxylic acids is 2. The van der Waals surface area contributed by atoms with Crippen LogP contribution in [0.3, 0.4) is 0 Å². The number of piperidine rings is 1. The highest BCUT2D eigenvalue weighted by atomic mass is 16.2. The van der Waals surface area contributed by atoms with Crippen molar-refractivity contribution in [3.05, 3.63) is 54.8 Å². The van der Waals surface area contributed by atoms with Crippen molar-refractivity contribution in [2.45, 2.75) is 76.4 Å². The molecule has 1 saturated carbocycles. The molecule has 3 N–H and O–H groups in total. The smallest absolute Gasteiger partial charge is 0.247 e. The van der Waals surface area contributed by atoms with E-state index in [9.17, 15) is 9.59 Å². The maximum absolute atomic E-state index is 14.1. The van der Waals surface area contributed by atoms with Gasteiger partial charge in [0, 0.05) is 43.1 Å². The number of likely N-dealkylation sites (N-methyl/N-ethyl adjacent to an activating group) is 1. The van der Waals surface area contributed by atoms with E-state index in [1.54, 1.807) is 0 Å². The standard InChI is InChI=1S/C31H47N5O2/c1-5-29(37)34-27-13-9-10-24(20-27)14-17-35-18-15-25-16-19-36(28(25)21-35)31(38)30(26-11-7-6-8-12-26)33-23(3)22(2)32-4/h5,9-10,13,20,22,25-26,28,30,32-33H,1,3,6-8,11-12,14-19,21H2,2,4H3,(H,34,37)/t22-,25+,28+,30-/m0/s1. The fourth-order valence-electron chi connectivity index (χ4n) is 6.49. The normalized spacial score (nSPS) is 23.8. The molecule has 7 heteroatoms. The quantitative estimate of drug-likeness (QED) is 0.385. The zero-order chi connectivity index (χ0) is 27.1. The molecule has 7 nitrogen and oxygen atoms in total. The van der Waals surface area contributed by atoms with Crippen LogP contribution >= 0.6 is 0 Å². The van der Waals surface area contributed by atoms with E-state index in [1.807, 2.05) is 25.2 Å². The molecule has 3 aliphatic rings. The number of benzene rings is 1. The number of amides is 2. The molecule has 4 rings (SSSR count). The van der Waals surface area contributed by atoms with Gasteiger partial charge >= 0.3 is 0 Å². The Hall–Kier alpha value is -2.64. The highest BCUT2D eigenvalue weighted by molar-refractivity contribution is 5.98. The van der Waals surface area contributed by atoms with Gasteiger partial charge in [0.2, 0.25) is 11.8 Å². The lowest BCUT2D eigenvalue weighted by molar-refractivity contribution is -0.137. The van der Waals surface area contributed by atoms with Crippen LogP contribution in [0.4, 0.5) is 5.69 Å². The second-order valence-corrected chi connectivity index (χ2v) is 11.4. The molecule has 1 aromatic rings. The topological polar surface area (TPSA) is 76.7 Å². The van der Waals surface area contributed by atoms with E-state index in [2.05, 4.69) is 51.9 Å². The van der Waals surface area contributed by atoms with Crippen LogP contribution in [0.15, 0.2) is 49.2 Å². The van der Waals surface area contributed by atoms with Gasteiger partial charge in [-0.25, -0.2) is 0 Å².